The summed E-state index contributed by atoms with van der Waals surface area (Å²) < 4.78 is 43.4. The van der Waals surface area contributed by atoms with E-state index < -0.39 is 11.6 Å². The topological polar surface area (TPSA) is 17.1 Å². The molecule has 0 unspecified atom stereocenters. The molecule has 3 aromatic rings. The highest BCUT2D eigenvalue weighted by molar-refractivity contribution is 5.78. The van der Waals surface area contributed by atoms with E-state index in [-0.39, 0.29) is 23.2 Å². The van der Waals surface area contributed by atoms with Crippen LogP contribution in [0.3, 0.4) is 0 Å². The molecule has 34 heavy (non-hydrogen) atoms. The van der Waals surface area contributed by atoms with Gasteiger partial charge in [-0.1, -0.05) is 68.0 Å². The fourth-order valence-electron chi connectivity index (χ4n) is 4.83. The normalized spacial score (nSPS) is 18.4. The Hall–Kier alpha value is -3.14. The molecule has 1 fully saturated rings. The number of aldehydes is 1. The van der Waals surface area contributed by atoms with Gasteiger partial charge in [-0.05, 0) is 72.8 Å². The number of rotatable bonds is 7. The first-order chi connectivity index (χ1) is 16.5. The Bertz CT molecular complexity index is 1170. The second kappa shape index (κ2) is 10.9. The van der Waals surface area contributed by atoms with Crippen LogP contribution in [0.25, 0.3) is 22.3 Å². The van der Waals surface area contributed by atoms with Crippen molar-refractivity contribution in [2.75, 3.05) is 0 Å². The van der Waals surface area contributed by atoms with E-state index >= 15 is 4.39 Å². The third-order valence-electron chi connectivity index (χ3n) is 6.85. The molecule has 4 rings (SSSR count). The summed E-state index contributed by atoms with van der Waals surface area (Å²) in [6.45, 7) is 2.18. The van der Waals surface area contributed by atoms with Gasteiger partial charge in [0.2, 0.25) is 0 Å². The maximum absolute atomic E-state index is 15.0. The minimum atomic E-state index is -1.16. The molecule has 0 N–H and O–H groups in total. The van der Waals surface area contributed by atoms with Crippen LogP contribution in [0.1, 0.15) is 67.3 Å². The second-order valence-electron chi connectivity index (χ2n) is 9.09. The smallest absolute Gasteiger partial charge is 0.169 e. The lowest BCUT2D eigenvalue weighted by Gasteiger charge is -2.27. The summed E-state index contributed by atoms with van der Waals surface area (Å²) in [5.74, 6) is -1.48. The Balaban J connectivity index is 1.48. The van der Waals surface area contributed by atoms with Crippen LogP contribution in [0.2, 0.25) is 0 Å². The maximum atomic E-state index is 15.0. The van der Waals surface area contributed by atoms with Crippen LogP contribution >= 0.6 is 0 Å². The molecule has 0 aromatic heterocycles. The number of allylic oxidation sites excluding steroid dienone is 2. The molecule has 0 bridgehead atoms. The zero-order valence-corrected chi connectivity index (χ0v) is 19.4. The highest BCUT2D eigenvalue weighted by atomic mass is 19.2. The van der Waals surface area contributed by atoms with Gasteiger partial charge in [0.05, 0.1) is 5.56 Å². The molecule has 176 valence electrons. The molecular formula is C30H29F3O. The number of hydrogen-bond donors (Lipinski definition) is 0. The van der Waals surface area contributed by atoms with Gasteiger partial charge in [0, 0.05) is 11.1 Å². The number of carbonyl (C=O) groups excluding carboxylic acids is 1. The fraction of sp³-hybridized carbons (Fsp3) is 0.300. The summed E-state index contributed by atoms with van der Waals surface area (Å²) in [6.07, 6.45) is 11.6. The zero-order valence-electron chi connectivity index (χ0n) is 19.4. The summed E-state index contributed by atoms with van der Waals surface area (Å²) in [4.78, 5) is 10.8. The number of unbranched alkanes of at least 4 members (excludes halogenated alkanes) is 1. The first kappa shape index (κ1) is 24.0. The summed E-state index contributed by atoms with van der Waals surface area (Å²) >= 11 is 0. The molecule has 0 heterocycles. The Kier molecular flexibility index (Phi) is 7.66. The molecule has 1 aliphatic rings. The van der Waals surface area contributed by atoms with Crippen molar-refractivity contribution in [2.45, 2.75) is 51.4 Å². The fourth-order valence-corrected chi connectivity index (χ4v) is 4.83. The Morgan fingerprint density at radius 3 is 2.09 bits per heavy atom. The molecule has 4 heteroatoms. The molecular weight excluding hydrogens is 433 g/mol. The van der Waals surface area contributed by atoms with Gasteiger partial charge in [-0.15, -0.1) is 0 Å². The van der Waals surface area contributed by atoms with Crippen LogP contribution in [-0.4, -0.2) is 6.29 Å². The van der Waals surface area contributed by atoms with Gasteiger partial charge in [0.25, 0.3) is 0 Å². The quantitative estimate of drug-likeness (QED) is 0.253. The Labute approximate surface area is 199 Å². The van der Waals surface area contributed by atoms with Gasteiger partial charge < -0.3 is 0 Å². The van der Waals surface area contributed by atoms with Crippen molar-refractivity contribution in [2.24, 2.45) is 5.92 Å². The first-order valence-electron chi connectivity index (χ1n) is 12.0. The van der Waals surface area contributed by atoms with E-state index in [9.17, 15) is 13.6 Å². The van der Waals surface area contributed by atoms with Gasteiger partial charge >= 0.3 is 0 Å². The van der Waals surface area contributed by atoms with Crippen LogP contribution in [0.4, 0.5) is 13.2 Å². The van der Waals surface area contributed by atoms with Crippen LogP contribution in [0.5, 0.6) is 0 Å². The van der Waals surface area contributed by atoms with Crippen molar-refractivity contribution >= 4 is 6.29 Å². The molecule has 0 atom stereocenters. The lowest BCUT2D eigenvalue weighted by atomic mass is 9.78. The first-order valence-corrected chi connectivity index (χ1v) is 12.0. The van der Waals surface area contributed by atoms with Crippen molar-refractivity contribution < 1.29 is 18.0 Å². The van der Waals surface area contributed by atoms with E-state index in [4.69, 9.17) is 0 Å². The van der Waals surface area contributed by atoms with Crippen LogP contribution in [0.15, 0.2) is 66.7 Å². The van der Waals surface area contributed by atoms with E-state index in [2.05, 4.69) is 19.1 Å². The molecule has 0 radical (unpaired) electrons. The van der Waals surface area contributed by atoms with Crippen molar-refractivity contribution in [1.82, 2.24) is 0 Å². The van der Waals surface area contributed by atoms with Gasteiger partial charge in [-0.25, -0.2) is 13.2 Å². The van der Waals surface area contributed by atoms with Crippen molar-refractivity contribution in [1.29, 1.82) is 0 Å². The van der Waals surface area contributed by atoms with Crippen molar-refractivity contribution in [3.05, 3.63) is 95.3 Å². The van der Waals surface area contributed by atoms with E-state index in [1.165, 1.54) is 18.6 Å². The summed E-state index contributed by atoms with van der Waals surface area (Å²) in [5.41, 5.74) is 2.39. The molecule has 1 aliphatic carbocycles. The summed E-state index contributed by atoms with van der Waals surface area (Å²) in [6, 6.07) is 14.8. The van der Waals surface area contributed by atoms with Gasteiger partial charge in [0.1, 0.15) is 5.82 Å². The number of halogens is 3. The zero-order chi connectivity index (χ0) is 24.1. The lowest BCUT2D eigenvalue weighted by molar-refractivity contribution is 0.111. The highest BCUT2D eigenvalue weighted by Gasteiger charge is 2.22. The number of benzene rings is 3. The molecule has 0 spiro atoms. The minimum absolute atomic E-state index is 0.0608. The third kappa shape index (κ3) is 5.16. The monoisotopic (exact) mass is 462 g/mol. The number of carbonyl (C=O) groups is 1. The van der Waals surface area contributed by atoms with Gasteiger partial charge in [0.15, 0.2) is 17.9 Å². The predicted molar refractivity (Wildman–Crippen MR) is 131 cm³/mol. The average Bonchev–Trinajstić information content (AvgIpc) is 2.86. The van der Waals surface area contributed by atoms with E-state index in [1.807, 2.05) is 12.1 Å². The SMILES string of the molecule is CCC/C=C/C1CCC(c2ccc(-c3ccc(-c4ccc(C=O)c(F)c4F)cc3)c(F)c2)CC1. The largest absolute Gasteiger partial charge is 0.298 e. The van der Waals surface area contributed by atoms with Crippen molar-refractivity contribution in [3.63, 3.8) is 0 Å². The second-order valence-corrected chi connectivity index (χ2v) is 9.09. The molecule has 1 nitrogen and oxygen atoms in total. The third-order valence-corrected chi connectivity index (χ3v) is 6.85. The summed E-state index contributed by atoms with van der Waals surface area (Å²) in [5, 5.41) is 0. The molecule has 0 aliphatic heterocycles. The predicted octanol–water partition coefficient (Wildman–Crippen LogP) is 8.88. The van der Waals surface area contributed by atoms with E-state index in [0.717, 1.165) is 37.7 Å². The minimum Gasteiger partial charge on any atom is -0.298 e. The Morgan fingerprint density at radius 1 is 0.824 bits per heavy atom. The molecule has 3 aromatic carbocycles. The number of hydrogen-bond acceptors (Lipinski definition) is 1. The molecule has 1 saturated carbocycles. The van der Waals surface area contributed by atoms with Gasteiger partial charge in [-0.3, -0.25) is 4.79 Å². The average molecular weight is 463 g/mol. The van der Waals surface area contributed by atoms with Crippen molar-refractivity contribution in [3.8, 4) is 22.3 Å². The Morgan fingerprint density at radius 2 is 1.47 bits per heavy atom. The molecule has 0 saturated heterocycles. The maximum Gasteiger partial charge on any atom is 0.169 e. The van der Waals surface area contributed by atoms with E-state index in [0.29, 0.717) is 28.5 Å². The van der Waals surface area contributed by atoms with Crippen LogP contribution < -0.4 is 0 Å². The summed E-state index contributed by atoms with van der Waals surface area (Å²) in [7, 11) is 0. The highest BCUT2D eigenvalue weighted by Crippen LogP contribution is 2.38. The molecule has 0 amide bonds. The van der Waals surface area contributed by atoms with Crippen LogP contribution in [-0.2, 0) is 0 Å². The van der Waals surface area contributed by atoms with Gasteiger partial charge in [-0.2, -0.15) is 0 Å². The van der Waals surface area contributed by atoms with E-state index in [1.54, 1.807) is 30.3 Å². The standard InChI is InChI=1S/C30H29F3O/c1-2-3-4-5-20-6-8-21(9-7-20)24-14-16-26(28(31)18-24)22-10-12-23(13-11-22)27-17-15-25(19-34)29(32)30(27)33/h4-5,10-21H,2-3,6-9H2,1H3/b5-4+. The lowest BCUT2D eigenvalue weighted by Crippen LogP contribution is -2.12. The van der Waals surface area contributed by atoms with Crippen LogP contribution in [0, 0.1) is 23.4 Å².